The summed E-state index contributed by atoms with van der Waals surface area (Å²) in [6.45, 7) is 8.11. The van der Waals surface area contributed by atoms with E-state index in [2.05, 4.69) is 18.6 Å². The zero-order chi connectivity index (χ0) is 25.2. The van der Waals surface area contributed by atoms with Gasteiger partial charge in [-0.2, -0.15) is 0 Å². The lowest BCUT2D eigenvalue weighted by Crippen LogP contribution is -2.37. The lowest BCUT2D eigenvalue weighted by molar-refractivity contribution is -0.134. The molecule has 0 bridgehead atoms. The van der Waals surface area contributed by atoms with Crippen LogP contribution in [-0.2, 0) is 16.1 Å². The summed E-state index contributed by atoms with van der Waals surface area (Å²) in [4.78, 5) is 30.9. The monoisotopic (exact) mass is 492 g/mol. The first-order chi connectivity index (χ1) is 16.2. The molecule has 2 aromatic rings. The number of rotatable bonds is 8. The number of amides is 1. The topological polar surface area (TPSA) is 69.6 Å². The number of hydrogen-bond acceptors (Lipinski definition) is 5. The normalized spacial score (nSPS) is 15.4. The number of pyridine rings is 1. The summed E-state index contributed by atoms with van der Waals surface area (Å²) in [7, 11) is 2.54. The van der Waals surface area contributed by atoms with E-state index in [1.807, 2.05) is 0 Å². The fourth-order valence-electron chi connectivity index (χ4n) is 3.86. The van der Waals surface area contributed by atoms with Gasteiger partial charge in [-0.1, -0.05) is 25.3 Å². The van der Waals surface area contributed by atoms with Gasteiger partial charge in [-0.05, 0) is 30.2 Å². The second kappa shape index (κ2) is 10.4. The van der Waals surface area contributed by atoms with E-state index in [-0.39, 0.29) is 34.6 Å². The number of nitrogens with one attached hydrogen (secondary N) is 1. The second-order valence-electron chi connectivity index (χ2n) is 7.39. The molecule has 10 heteroatoms. The van der Waals surface area contributed by atoms with Crippen molar-refractivity contribution in [1.29, 1.82) is 0 Å². The van der Waals surface area contributed by atoms with Gasteiger partial charge < -0.3 is 4.74 Å². The van der Waals surface area contributed by atoms with Crippen LogP contribution in [0.5, 0.6) is 5.75 Å². The number of ether oxygens (including phenoxy) is 1. The molecule has 1 unspecified atom stereocenters. The maximum absolute atomic E-state index is 15.2. The maximum Gasteiger partial charge on any atom is 0.267 e. The third kappa shape index (κ3) is 4.43. The van der Waals surface area contributed by atoms with Crippen molar-refractivity contribution in [2.24, 2.45) is 0 Å². The number of hydrogen-bond donors (Lipinski definition) is 1. The summed E-state index contributed by atoms with van der Waals surface area (Å²) in [5.41, 5.74) is 1.79. The Hall–Kier alpha value is -3.24. The molecule has 0 saturated carbocycles. The molecule has 0 spiro atoms. The number of benzene rings is 1. The Bertz CT molecular complexity index is 1270. The highest BCUT2D eigenvalue weighted by atomic mass is 32.2. The molecule has 1 amide bonds. The van der Waals surface area contributed by atoms with Gasteiger partial charge in [0, 0.05) is 23.3 Å². The number of aromatic nitrogens is 1. The summed E-state index contributed by atoms with van der Waals surface area (Å²) in [5.74, 6) is -3.20. The number of hydroxylamine groups is 1. The highest BCUT2D eigenvalue weighted by Crippen LogP contribution is 2.41. The van der Waals surface area contributed by atoms with Gasteiger partial charge in [0.1, 0.15) is 17.7 Å². The van der Waals surface area contributed by atoms with E-state index in [1.165, 1.54) is 48.7 Å². The Labute approximate surface area is 198 Å². The minimum absolute atomic E-state index is 0.0456. The summed E-state index contributed by atoms with van der Waals surface area (Å²) in [5, 5.41) is 0.349. The SMILES string of the molecule is C=C/C(F)=C(/Cc1c(C)c(-c2cccc(OC)c2F)c(=O)n2c1SCC2C(=O)NOC)C(=C)F. The van der Waals surface area contributed by atoms with Gasteiger partial charge in [0.15, 0.2) is 11.6 Å². The third-order valence-electron chi connectivity index (χ3n) is 5.53. The molecule has 6 nitrogen and oxygen atoms in total. The van der Waals surface area contributed by atoms with Crippen LogP contribution < -0.4 is 15.8 Å². The van der Waals surface area contributed by atoms with E-state index in [0.29, 0.717) is 16.2 Å². The Morgan fingerprint density at radius 3 is 2.65 bits per heavy atom. The summed E-state index contributed by atoms with van der Waals surface area (Å²) >= 11 is 1.18. The predicted molar refractivity (Wildman–Crippen MR) is 125 cm³/mol. The molecule has 1 aliphatic heterocycles. The van der Waals surface area contributed by atoms with Gasteiger partial charge in [0.2, 0.25) is 0 Å². The number of carbonyl (C=O) groups excluding carboxylic acids is 1. The lowest BCUT2D eigenvalue weighted by Gasteiger charge is -2.21. The lowest BCUT2D eigenvalue weighted by atomic mass is 9.93. The van der Waals surface area contributed by atoms with E-state index < -0.39 is 35.0 Å². The van der Waals surface area contributed by atoms with Crippen molar-refractivity contribution in [3.63, 3.8) is 0 Å². The molecule has 1 aromatic carbocycles. The molecule has 1 N–H and O–H groups in total. The molecular weight excluding hydrogens is 469 g/mol. The highest BCUT2D eigenvalue weighted by molar-refractivity contribution is 7.99. The molecule has 3 rings (SSSR count). The second-order valence-corrected chi connectivity index (χ2v) is 8.40. The van der Waals surface area contributed by atoms with Crippen molar-refractivity contribution >= 4 is 17.7 Å². The van der Waals surface area contributed by atoms with Gasteiger partial charge >= 0.3 is 0 Å². The molecule has 1 aliphatic rings. The largest absolute Gasteiger partial charge is 0.494 e. The molecule has 2 heterocycles. The Morgan fingerprint density at radius 1 is 1.35 bits per heavy atom. The molecule has 0 fully saturated rings. The van der Waals surface area contributed by atoms with Crippen molar-refractivity contribution in [2.45, 2.75) is 24.4 Å². The average molecular weight is 493 g/mol. The summed E-state index contributed by atoms with van der Waals surface area (Å²) in [6, 6.07) is 3.34. The number of halogens is 3. The van der Waals surface area contributed by atoms with Crippen LogP contribution >= 0.6 is 11.8 Å². The summed E-state index contributed by atoms with van der Waals surface area (Å²) < 4.78 is 50.1. The van der Waals surface area contributed by atoms with E-state index in [9.17, 15) is 18.4 Å². The van der Waals surface area contributed by atoms with E-state index in [1.54, 1.807) is 6.92 Å². The molecule has 1 atom stereocenters. The average Bonchev–Trinajstić information content (AvgIpc) is 3.25. The van der Waals surface area contributed by atoms with Crippen LogP contribution in [0.4, 0.5) is 13.2 Å². The van der Waals surface area contributed by atoms with E-state index in [4.69, 9.17) is 9.57 Å². The third-order valence-corrected chi connectivity index (χ3v) is 6.73. The molecule has 0 aliphatic carbocycles. The van der Waals surface area contributed by atoms with E-state index in [0.717, 1.165) is 6.08 Å². The number of fused-ring (bicyclic) bond motifs is 1. The van der Waals surface area contributed by atoms with Gasteiger partial charge in [-0.15, -0.1) is 11.8 Å². The number of allylic oxidation sites excluding steroid dienone is 4. The zero-order valence-electron chi connectivity index (χ0n) is 18.8. The molecule has 0 saturated heterocycles. The number of carbonyl (C=O) groups is 1. The standard InChI is InChI=1S/C24H23F3N2O4S/c1-6-17(26)16(13(3)25)10-15-12(2)20(14-8-7-9-19(32-4)21(14)27)23(31)29-18(11-34-24(15)29)22(30)28-33-5/h6-9,18H,1,3,10-11H2,2,4-5H3,(H,28,30)/b17-16+. The smallest absolute Gasteiger partial charge is 0.267 e. The van der Waals surface area contributed by atoms with Crippen molar-refractivity contribution < 1.29 is 27.5 Å². The quantitative estimate of drug-likeness (QED) is 0.426. The van der Waals surface area contributed by atoms with Crippen LogP contribution in [-0.4, -0.2) is 30.4 Å². The van der Waals surface area contributed by atoms with Crippen LogP contribution in [0, 0.1) is 12.7 Å². The van der Waals surface area contributed by atoms with Gasteiger partial charge in [-0.3, -0.25) is 19.0 Å². The number of nitrogens with zero attached hydrogens (tertiary/aromatic N) is 1. The van der Waals surface area contributed by atoms with Crippen LogP contribution in [0.25, 0.3) is 11.1 Å². The molecule has 1 aromatic heterocycles. The highest BCUT2D eigenvalue weighted by Gasteiger charge is 2.35. The number of thioether (sulfide) groups is 1. The van der Waals surface area contributed by atoms with Crippen molar-refractivity contribution in [3.05, 3.63) is 82.0 Å². The molecular formula is C24H23F3N2O4S. The van der Waals surface area contributed by atoms with Crippen LogP contribution in [0.2, 0.25) is 0 Å². The Morgan fingerprint density at radius 2 is 2.06 bits per heavy atom. The molecule has 34 heavy (non-hydrogen) atoms. The van der Waals surface area contributed by atoms with Crippen LogP contribution in [0.3, 0.4) is 0 Å². The Kier molecular flexibility index (Phi) is 7.73. The summed E-state index contributed by atoms with van der Waals surface area (Å²) in [6.07, 6.45) is 0.564. The predicted octanol–water partition coefficient (Wildman–Crippen LogP) is 4.73. The molecule has 0 radical (unpaired) electrons. The van der Waals surface area contributed by atoms with E-state index >= 15 is 4.39 Å². The zero-order valence-corrected chi connectivity index (χ0v) is 19.7. The fraction of sp³-hybridized carbons (Fsp3) is 0.250. The van der Waals surface area contributed by atoms with Crippen molar-refractivity contribution in [1.82, 2.24) is 10.0 Å². The van der Waals surface area contributed by atoms with Crippen molar-refractivity contribution in [3.8, 4) is 16.9 Å². The van der Waals surface area contributed by atoms with Crippen LogP contribution in [0.1, 0.15) is 17.2 Å². The van der Waals surface area contributed by atoms with Gasteiger partial charge in [0.05, 0.1) is 24.8 Å². The first kappa shape index (κ1) is 25.4. The number of methoxy groups -OCH3 is 1. The molecule has 180 valence electrons. The van der Waals surface area contributed by atoms with Gasteiger partial charge in [0.25, 0.3) is 11.5 Å². The van der Waals surface area contributed by atoms with Crippen molar-refractivity contribution in [2.75, 3.05) is 20.0 Å². The minimum atomic E-state index is -1.01. The first-order valence-corrected chi connectivity index (χ1v) is 11.1. The van der Waals surface area contributed by atoms with Gasteiger partial charge in [-0.25, -0.2) is 18.7 Å². The first-order valence-electron chi connectivity index (χ1n) is 10.1. The fourth-order valence-corrected chi connectivity index (χ4v) is 5.23. The minimum Gasteiger partial charge on any atom is -0.494 e. The Balaban J connectivity index is 2.39. The maximum atomic E-state index is 15.2. The van der Waals surface area contributed by atoms with Crippen LogP contribution in [0.15, 0.2) is 64.5 Å².